The second-order valence-corrected chi connectivity index (χ2v) is 6.00. The molecule has 2 aromatic rings. The van der Waals surface area contributed by atoms with Gasteiger partial charge in [-0.2, -0.15) is 5.26 Å². The van der Waals surface area contributed by atoms with Crippen molar-refractivity contribution in [3.63, 3.8) is 0 Å². The molecular weight excluding hydrogens is 310 g/mol. The van der Waals surface area contributed by atoms with Crippen molar-refractivity contribution in [1.82, 2.24) is 14.8 Å². The lowest BCUT2D eigenvalue weighted by Gasteiger charge is -2.11. The first-order valence-corrected chi connectivity index (χ1v) is 7.28. The number of aromatic nitrogens is 3. The Labute approximate surface area is 131 Å². The third-order valence-electron chi connectivity index (χ3n) is 2.68. The summed E-state index contributed by atoms with van der Waals surface area (Å²) in [6.45, 7) is 1.78. The van der Waals surface area contributed by atoms with Crippen LogP contribution < -0.4 is 5.32 Å². The Kier molecular flexibility index (Phi) is 4.83. The first-order chi connectivity index (χ1) is 10.0. The number of carbonyl (C=O) groups is 1. The molecule has 1 amide bonds. The van der Waals surface area contributed by atoms with E-state index in [0.717, 1.165) is 0 Å². The average molecular weight is 322 g/mol. The van der Waals surface area contributed by atoms with Crippen molar-refractivity contribution in [3.05, 3.63) is 35.1 Å². The lowest BCUT2D eigenvalue weighted by molar-refractivity contribution is -0.115. The van der Waals surface area contributed by atoms with Crippen molar-refractivity contribution in [2.24, 2.45) is 7.05 Å². The third-order valence-corrected chi connectivity index (χ3v) is 4.14. The Bertz CT molecular complexity index is 709. The van der Waals surface area contributed by atoms with Gasteiger partial charge in [-0.1, -0.05) is 23.4 Å². The van der Waals surface area contributed by atoms with Crippen molar-refractivity contribution in [2.45, 2.75) is 17.3 Å². The van der Waals surface area contributed by atoms with Gasteiger partial charge >= 0.3 is 0 Å². The molecule has 8 heteroatoms. The molecule has 1 heterocycles. The van der Waals surface area contributed by atoms with Gasteiger partial charge in [0.15, 0.2) is 5.16 Å². The van der Waals surface area contributed by atoms with Crippen molar-refractivity contribution in [1.29, 1.82) is 5.26 Å². The molecule has 1 atom stereocenters. The fourth-order valence-electron chi connectivity index (χ4n) is 1.52. The molecule has 0 aliphatic heterocycles. The van der Waals surface area contributed by atoms with Gasteiger partial charge in [0, 0.05) is 12.7 Å². The molecule has 0 spiro atoms. The number of anilines is 1. The van der Waals surface area contributed by atoms with Crippen molar-refractivity contribution in [2.75, 3.05) is 5.32 Å². The van der Waals surface area contributed by atoms with Gasteiger partial charge in [-0.05, 0) is 25.1 Å². The fourth-order valence-corrected chi connectivity index (χ4v) is 2.53. The molecule has 6 nitrogen and oxygen atoms in total. The number of nitrogens with one attached hydrogen (secondary N) is 1. The van der Waals surface area contributed by atoms with Crippen molar-refractivity contribution in [3.8, 4) is 6.07 Å². The molecule has 21 heavy (non-hydrogen) atoms. The van der Waals surface area contributed by atoms with Crippen LogP contribution in [0.1, 0.15) is 12.5 Å². The lowest BCUT2D eigenvalue weighted by Crippen LogP contribution is -2.22. The lowest BCUT2D eigenvalue weighted by atomic mass is 10.2. The second kappa shape index (κ2) is 6.61. The van der Waals surface area contributed by atoms with Crippen LogP contribution in [0, 0.1) is 11.3 Å². The number of nitrogens with zero attached hydrogens (tertiary/aromatic N) is 4. The number of rotatable bonds is 4. The molecule has 108 valence electrons. The Morgan fingerprint density at radius 1 is 1.57 bits per heavy atom. The first-order valence-electron chi connectivity index (χ1n) is 6.02. The summed E-state index contributed by atoms with van der Waals surface area (Å²) in [5.74, 6) is -0.177. The summed E-state index contributed by atoms with van der Waals surface area (Å²) in [5, 5.41) is 19.9. The van der Waals surface area contributed by atoms with Crippen LogP contribution in [0.25, 0.3) is 0 Å². The summed E-state index contributed by atoms with van der Waals surface area (Å²) >= 11 is 7.24. The zero-order valence-electron chi connectivity index (χ0n) is 11.4. The van der Waals surface area contributed by atoms with E-state index >= 15 is 0 Å². The molecule has 0 bridgehead atoms. The maximum Gasteiger partial charge on any atom is 0.237 e. The summed E-state index contributed by atoms with van der Waals surface area (Å²) in [7, 11) is 1.81. The van der Waals surface area contributed by atoms with Gasteiger partial charge in [-0.25, -0.2) is 0 Å². The van der Waals surface area contributed by atoms with Crippen molar-refractivity contribution >= 4 is 35.0 Å². The summed E-state index contributed by atoms with van der Waals surface area (Å²) in [5.41, 5.74) is 0.922. The van der Waals surface area contributed by atoms with Crippen LogP contribution in [0.4, 0.5) is 5.69 Å². The van der Waals surface area contributed by atoms with Gasteiger partial charge in [-0.15, -0.1) is 10.2 Å². The topological polar surface area (TPSA) is 83.6 Å². The summed E-state index contributed by atoms with van der Waals surface area (Å²) in [6, 6.07) is 6.73. The maximum absolute atomic E-state index is 12.1. The van der Waals surface area contributed by atoms with E-state index in [1.54, 1.807) is 36.0 Å². The Hall–Kier alpha value is -2.04. The highest BCUT2D eigenvalue weighted by Crippen LogP contribution is 2.23. The molecule has 1 aromatic carbocycles. The molecule has 2 rings (SSSR count). The largest absolute Gasteiger partial charge is 0.325 e. The van der Waals surface area contributed by atoms with Gasteiger partial charge in [0.2, 0.25) is 5.91 Å². The van der Waals surface area contributed by atoms with E-state index in [-0.39, 0.29) is 11.2 Å². The number of hydrogen-bond acceptors (Lipinski definition) is 5. The Balaban J connectivity index is 2.02. The number of carbonyl (C=O) groups excluding carboxylic acids is 1. The number of hydrogen-bond donors (Lipinski definition) is 1. The van der Waals surface area contributed by atoms with E-state index in [2.05, 4.69) is 15.5 Å². The van der Waals surface area contributed by atoms with E-state index in [1.807, 2.05) is 13.1 Å². The van der Waals surface area contributed by atoms with Gasteiger partial charge in [0.1, 0.15) is 12.4 Å². The minimum atomic E-state index is -0.345. The van der Waals surface area contributed by atoms with Crippen LogP contribution in [0.5, 0.6) is 0 Å². The quantitative estimate of drug-likeness (QED) is 0.874. The molecular formula is C13H12ClN5OS. The normalized spacial score (nSPS) is 11.7. The van der Waals surface area contributed by atoms with E-state index < -0.39 is 0 Å². The number of amides is 1. The average Bonchev–Trinajstić information content (AvgIpc) is 2.84. The third kappa shape index (κ3) is 3.74. The second-order valence-electron chi connectivity index (χ2n) is 4.28. The van der Waals surface area contributed by atoms with Gasteiger partial charge < -0.3 is 9.88 Å². The van der Waals surface area contributed by atoms with Gasteiger partial charge in [0.25, 0.3) is 0 Å². The first kappa shape index (κ1) is 15.4. The smallest absolute Gasteiger partial charge is 0.237 e. The highest BCUT2D eigenvalue weighted by molar-refractivity contribution is 8.00. The number of thioether (sulfide) groups is 1. The van der Waals surface area contributed by atoms with Gasteiger partial charge in [-0.3, -0.25) is 4.79 Å². The minimum Gasteiger partial charge on any atom is -0.325 e. The number of aryl methyl sites for hydroxylation is 1. The van der Waals surface area contributed by atoms with E-state index in [4.69, 9.17) is 16.9 Å². The van der Waals surface area contributed by atoms with E-state index in [0.29, 0.717) is 21.4 Å². The molecule has 0 unspecified atom stereocenters. The fraction of sp³-hybridized carbons (Fsp3) is 0.231. The molecule has 0 fully saturated rings. The molecule has 0 aliphatic carbocycles. The maximum atomic E-state index is 12.1. The summed E-state index contributed by atoms with van der Waals surface area (Å²) in [4.78, 5) is 12.1. The molecule has 0 saturated heterocycles. The SMILES string of the molecule is C[C@@H](Sc1nncn1C)C(=O)Nc1ccc(C#N)c(Cl)c1. The Morgan fingerprint density at radius 3 is 2.90 bits per heavy atom. The van der Waals surface area contributed by atoms with Crippen LogP contribution in [0.15, 0.2) is 29.7 Å². The zero-order chi connectivity index (χ0) is 15.4. The highest BCUT2D eigenvalue weighted by Gasteiger charge is 2.17. The molecule has 0 saturated carbocycles. The minimum absolute atomic E-state index is 0.177. The molecule has 0 aliphatic rings. The van der Waals surface area contributed by atoms with Crippen LogP contribution in [0.3, 0.4) is 0 Å². The number of benzene rings is 1. The summed E-state index contributed by atoms with van der Waals surface area (Å²) < 4.78 is 1.74. The molecule has 0 radical (unpaired) electrons. The predicted octanol–water partition coefficient (Wildman–Crippen LogP) is 2.46. The van der Waals surface area contributed by atoms with E-state index in [9.17, 15) is 4.79 Å². The highest BCUT2D eigenvalue weighted by atomic mass is 35.5. The zero-order valence-corrected chi connectivity index (χ0v) is 12.9. The standard InChI is InChI=1S/C13H12ClN5OS/c1-8(21-13-18-16-7-19(13)2)12(20)17-10-4-3-9(6-15)11(14)5-10/h3-5,7-8H,1-2H3,(H,17,20)/t8-/m1/s1. The predicted molar refractivity (Wildman–Crippen MR) is 81.1 cm³/mol. The molecule has 1 aromatic heterocycles. The van der Waals surface area contributed by atoms with Crippen LogP contribution in [-0.4, -0.2) is 25.9 Å². The van der Waals surface area contributed by atoms with E-state index in [1.165, 1.54) is 11.8 Å². The summed E-state index contributed by atoms with van der Waals surface area (Å²) in [6.07, 6.45) is 1.58. The van der Waals surface area contributed by atoms with Crippen LogP contribution in [0.2, 0.25) is 5.02 Å². The monoisotopic (exact) mass is 321 g/mol. The van der Waals surface area contributed by atoms with Crippen LogP contribution >= 0.6 is 23.4 Å². The van der Waals surface area contributed by atoms with Crippen molar-refractivity contribution < 1.29 is 4.79 Å². The Morgan fingerprint density at radius 2 is 2.33 bits per heavy atom. The van der Waals surface area contributed by atoms with Crippen LogP contribution in [-0.2, 0) is 11.8 Å². The number of halogens is 1. The molecule has 1 N–H and O–H groups in total. The van der Waals surface area contributed by atoms with Gasteiger partial charge in [0.05, 0.1) is 15.8 Å². The number of nitriles is 1.